The van der Waals surface area contributed by atoms with E-state index in [4.69, 9.17) is 10.5 Å². The molecule has 1 aromatic rings. The zero-order chi connectivity index (χ0) is 16.3. The predicted molar refractivity (Wildman–Crippen MR) is 93.4 cm³/mol. The Bertz CT molecular complexity index is 488. The average Bonchev–Trinajstić information content (AvgIpc) is 2.51. The van der Waals surface area contributed by atoms with E-state index in [0.29, 0.717) is 11.8 Å². The summed E-state index contributed by atoms with van der Waals surface area (Å²) in [5.41, 5.74) is 7.86. The molecule has 0 spiro atoms. The van der Waals surface area contributed by atoms with Crippen molar-refractivity contribution < 1.29 is 4.74 Å². The van der Waals surface area contributed by atoms with Crippen LogP contribution in [0.2, 0.25) is 0 Å². The van der Waals surface area contributed by atoms with Crippen LogP contribution in [0.1, 0.15) is 39.7 Å². The summed E-state index contributed by atoms with van der Waals surface area (Å²) in [5, 5.41) is 0. The Morgan fingerprint density at radius 2 is 2.14 bits per heavy atom. The van der Waals surface area contributed by atoms with Crippen LogP contribution in [-0.4, -0.2) is 37.7 Å². The lowest BCUT2D eigenvalue weighted by atomic mass is 9.68. The molecule has 1 aliphatic heterocycles. The quantitative estimate of drug-likeness (QED) is 0.907. The molecule has 3 heteroatoms. The summed E-state index contributed by atoms with van der Waals surface area (Å²) in [6.45, 7) is 12.4. The molecule has 0 amide bonds. The van der Waals surface area contributed by atoms with Gasteiger partial charge in [0.2, 0.25) is 0 Å². The van der Waals surface area contributed by atoms with Gasteiger partial charge in [-0.1, -0.05) is 39.8 Å². The fourth-order valence-corrected chi connectivity index (χ4v) is 3.40. The van der Waals surface area contributed by atoms with E-state index in [0.717, 1.165) is 25.4 Å². The third-order valence-electron chi connectivity index (χ3n) is 5.62. The Balaban J connectivity index is 2.08. The van der Waals surface area contributed by atoms with Crippen molar-refractivity contribution in [1.29, 1.82) is 0 Å². The van der Waals surface area contributed by atoms with Crippen LogP contribution in [-0.2, 0) is 5.41 Å². The predicted octanol–water partition coefficient (Wildman–Crippen LogP) is 3.28. The number of hydrogen-bond acceptors (Lipinski definition) is 3. The number of hydrogen-bond donors (Lipinski definition) is 1. The van der Waals surface area contributed by atoms with Crippen LogP contribution in [0.25, 0.3) is 0 Å². The van der Waals surface area contributed by atoms with Crippen molar-refractivity contribution in [1.82, 2.24) is 4.90 Å². The molecule has 0 aliphatic carbocycles. The van der Waals surface area contributed by atoms with Crippen LogP contribution in [0.3, 0.4) is 0 Å². The topological polar surface area (TPSA) is 38.5 Å². The maximum absolute atomic E-state index is 6.25. The monoisotopic (exact) mass is 304 g/mol. The molecule has 0 saturated carbocycles. The highest BCUT2D eigenvalue weighted by Crippen LogP contribution is 2.40. The van der Waals surface area contributed by atoms with Gasteiger partial charge in [0.1, 0.15) is 5.75 Å². The maximum atomic E-state index is 6.25. The minimum Gasteiger partial charge on any atom is -0.497 e. The Morgan fingerprint density at radius 1 is 1.41 bits per heavy atom. The molecule has 0 unspecified atom stereocenters. The van der Waals surface area contributed by atoms with Gasteiger partial charge >= 0.3 is 0 Å². The van der Waals surface area contributed by atoms with E-state index < -0.39 is 0 Å². The summed E-state index contributed by atoms with van der Waals surface area (Å²) >= 11 is 0. The Labute approximate surface area is 135 Å². The van der Waals surface area contributed by atoms with Gasteiger partial charge in [0.05, 0.1) is 7.11 Å². The number of nitrogens with two attached hydrogens (primary N) is 1. The van der Waals surface area contributed by atoms with E-state index >= 15 is 0 Å². The van der Waals surface area contributed by atoms with E-state index in [1.807, 2.05) is 6.07 Å². The fraction of sp³-hybridized carbons (Fsp3) is 0.684. The largest absolute Gasteiger partial charge is 0.497 e. The summed E-state index contributed by atoms with van der Waals surface area (Å²) < 4.78 is 5.40. The summed E-state index contributed by atoms with van der Waals surface area (Å²) in [6, 6.07) is 8.84. The first-order chi connectivity index (χ1) is 10.4. The number of nitrogens with zero attached hydrogens (tertiary/aromatic N) is 1. The highest BCUT2D eigenvalue weighted by Gasteiger charge is 2.38. The van der Waals surface area contributed by atoms with E-state index in [2.05, 4.69) is 50.8 Å². The smallest absolute Gasteiger partial charge is 0.119 e. The number of rotatable bonds is 5. The first kappa shape index (κ1) is 17.3. The summed E-state index contributed by atoms with van der Waals surface area (Å²) in [4.78, 5) is 2.54. The minimum atomic E-state index is 0.215. The third-order valence-corrected chi connectivity index (χ3v) is 5.62. The summed E-state index contributed by atoms with van der Waals surface area (Å²) in [7, 11) is 1.74. The third kappa shape index (κ3) is 3.64. The van der Waals surface area contributed by atoms with Crippen LogP contribution in [0.15, 0.2) is 24.3 Å². The second-order valence-corrected chi connectivity index (χ2v) is 7.47. The fourth-order valence-electron chi connectivity index (χ4n) is 3.40. The van der Waals surface area contributed by atoms with Gasteiger partial charge in [-0.2, -0.15) is 0 Å². The standard InChI is InChI=1S/C19H32N2O/c1-14(2)18(20)13-21-10-9-19(4,15(3)12-21)16-7-6-8-17(11-16)22-5/h6-8,11,14-15,18H,9-10,12-13,20H2,1-5H3/t15-,18+,19+/m0/s1. The maximum Gasteiger partial charge on any atom is 0.119 e. The van der Waals surface area contributed by atoms with Crippen LogP contribution < -0.4 is 10.5 Å². The molecule has 124 valence electrons. The van der Waals surface area contributed by atoms with Crippen LogP contribution in [0, 0.1) is 11.8 Å². The van der Waals surface area contributed by atoms with E-state index in [-0.39, 0.29) is 11.5 Å². The zero-order valence-electron chi connectivity index (χ0n) is 14.8. The zero-order valence-corrected chi connectivity index (χ0v) is 14.8. The molecule has 22 heavy (non-hydrogen) atoms. The van der Waals surface area contributed by atoms with E-state index in [1.54, 1.807) is 7.11 Å². The highest BCUT2D eigenvalue weighted by molar-refractivity contribution is 5.34. The lowest BCUT2D eigenvalue weighted by molar-refractivity contribution is 0.101. The molecule has 0 bridgehead atoms. The number of benzene rings is 1. The molecular formula is C19H32N2O. The van der Waals surface area contributed by atoms with Crippen molar-refractivity contribution in [3.63, 3.8) is 0 Å². The SMILES string of the molecule is COc1cccc([C@]2(C)CCN(C[C@@H](N)C(C)C)C[C@@H]2C)c1. The van der Waals surface area contributed by atoms with Crippen LogP contribution in [0.4, 0.5) is 0 Å². The van der Waals surface area contributed by atoms with Gasteiger partial charge in [-0.25, -0.2) is 0 Å². The molecule has 1 fully saturated rings. The first-order valence-electron chi connectivity index (χ1n) is 8.49. The van der Waals surface area contributed by atoms with E-state index in [1.165, 1.54) is 12.0 Å². The number of methoxy groups -OCH3 is 1. The Kier molecular flexibility index (Phi) is 5.51. The van der Waals surface area contributed by atoms with Crippen molar-refractivity contribution in [2.75, 3.05) is 26.7 Å². The molecule has 0 aromatic heterocycles. The Hall–Kier alpha value is -1.06. The highest BCUT2D eigenvalue weighted by atomic mass is 16.5. The minimum absolute atomic E-state index is 0.215. The van der Waals surface area contributed by atoms with Gasteiger partial charge in [0.25, 0.3) is 0 Å². The molecule has 2 N–H and O–H groups in total. The van der Waals surface area contributed by atoms with Gasteiger partial charge in [0, 0.05) is 19.1 Å². The second kappa shape index (κ2) is 7.01. The van der Waals surface area contributed by atoms with Crippen molar-refractivity contribution in [3.8, 4) is 5.75 Å². The lowest BCUT2D eigenvalue weighted by Crippen LogP contribution is -2.51. The molecule has 1 aliphatic rings. The molecule has 3 atom stereocenters. The Morgan fingerprint density at radius 3 is 2.73 bits per heavy atom. The van der Waals surface area contributed by atoms with Crippen molar-refractivity contribution in [2.45, 2.75) is 45.6 Å². The van der Waals surface area contributed by atoms with Gasteiger partial charge < -0.3 is 15.4 Å². The first-order valence-corrected chi connectivity index (χ1v) is 8.49. The average molecular weight is 304 g/mol. The normalized spacial score (nSPS) is 27.9. The molecular weight excluding hydrogens is 272 g/mol. The van der Waals surface area contributed by atoms with Crippen LogP contribution in [0.5, 0.6) is 5.75 Å². The molecule has 0 radical (unpaired) electrons. The summed E-state index contributed by atoms with van der Waals surface area (Å²) in [6.07, 6.45) is 1.17. The van der Waals surface area contributed by atoms with Gasteiger partial charge in [-0.15, -0.1) is 0 Å². The van der Waals surface area contributed by atoms with Crippen molar-refractivity contribution in [2.24, 2.45) is 17.6 Å². The molecule has 3 nitrogen and oxygen atoms in total. The molecule has 1 saturated heterocycles. The van der Waals surface area contributed by atoms with Gasteiger partial charge in [-0.05, 0) is 47.9 Å². The van der Waals surface area contributed by atoms with E-state index in [9.17, 15) is 0 Å². The lowest BCUT2D eigenvalue weighted by Gasteiger charge is -2.46. The van der Waals surface area contributed by atoms with Gasteiger partial charge in [0.15, 0.2) is 0 Å². The second-order valence-electron chi connectivity index (χ2n) is 7.47. The molecule has 2 rings (SSSR count). The van der Waals surface area contributed by atoms with Crippen molar-refractivity contribution in [3.05, 3.63) is 29.8 Å². The number of ether oxygens (including phenoxy) is 1. The number of likely N-dealkylation sites (tertiary alicyclic amines) is 1. The summed E-state index contributed by atoms with van der Waals surface area (Å²) in [5.74, 6) is 2.10. The van der Waals surface area contributed by atoms with Crippen molar-refractivity contribution >= 4 is 0 Å². The molecule has 1 aromatic carbocycles. The number of piperidine rings is 1. The van der Waals surface area contributed by atoms with Gasteiger partial charge in [-0.3, -0.25) is 0 Å². The molecule has 1 heterocycles. The van der Waals surface area contributed by atoms with Crippen LogP contribution >= 0.6 is 0 Å².